The van der Waals surface area contributed by atoms with Crippen LogP contribution in [0.1, 0.15) is 50.0 Å². The molecule has 6 atom stereocenters. The monoisotopic (exact) mass is 488 g/mol. The highest BCUT2D eigenvalue weighted by Gasteiger charge is 2.29. The van der Waals surface area contributed by atoms with Crippen LogP contribution in [0.5, 0.6) is 23.0 Å². The van der Waals surface area contributed by atoms with Crippen LogP contribution in [0.15, 0.2) is 36.4 Å². The highest BCUT2D eigenvalue weighted by Crippen LogP contribution is 2.44. The first kappa shape index (κ1) is 26.2. The van der Waals surface area contributed by atoms with Crippen LogP contribution in [0.4, 0.5) is 0 Å². The van der Waals surface area contributed by atoms with Gasteiger partial charge in [-0.05, 0) is 62.1 Å². The lowest BCUT2D eigenvalue weighted by Gasteiger charge is -2.21. The van der Waals surface area contributed by atoms with Crippen LogP contribution in [-0.4, -0.2) is 79.2 Å². The van der Waals surface area contributed by atoms with Gasteiger partial charge < -0.3 is 33.9 Å². The summed E-state index contributed by atoms with van der Waals surface area (Å²) in [6, 6.07) is 11.7. The number of benzene rings is 2. The lowest BCUT2D eigenvalue weighted by atomic mass is 10.0. The first-order valence-corrected chi connectivity index (χ1v) is 13.7. The van der Waals surface area contributed by atoms with Crippen molar-refractivity contribution in [3.05, 3.63) is 47.5 Å². The third-order valence-electron chi connectivity index (χ3n) is 6.12. The first-order chi connectivity index (χ1) is 15.7. The SMILES string of the molecule is COc1cc(C2CCC(c3ccc(O[C@H](C)[C@H](O)[AlH2])c(OC)c3)O2)ccc1OC(C)[C@H](O)[AlH2]. The number of hydrogen-bond acceptors (Lipinski definition) is 7. The molecule has 0 spiro atoms. The summed E-state index contributed by atoms with van der Waals surface area (Å²) in [6.07, 6.45) is 1.10. The highest BCUT2D eigenvalue weighted by atomic mass is 27.1. The second-order valence-corrected chi connectivity index (χ2v) is 11.0. The number of aliphatic hydroxyl groups excluding tert-OH is 2. The maximum atomic E-state index is 9.78. The summed E-state index contributed by atoms with van der Waals surface area (Å²) in [5.74, 6) is 2.50. The van der Waals surface area contributed by atoms with Gasteiger partial charge in [-0.1, -0.05) is 12.1 Å². The van der Waals surface area contributed by atoms with Gasteiger partial charge >= 0.3 is 0 Å². The maximum Gasteiger partial charge on any atom is 0.264 e. The summed E-state index contributed by atoms with van der Waals surface area (Å²) < 4.78 is 29.2. The fraction of sp³-hybridized carbons (Fsp3) is 0.500. The predicted octanol–water partition coefficient (Wildman–Crippen LogP) is 1.73. The van der Waals surface area contributed by atoms with Crippen molar-refractivity contribution < 1.29 is 33.9 Å². The van der Waals surface area contributed by atoms with E-state index in [1.807, 2.05) is 50.2 Å². The van der Waals surface area contributed by atoms with Crippen LogP contribution in [0, 0.1) is 0 Å². The molecule has 7 nitrogen and oxygen atoms in total. The second kappa shape index (κ2) is 11.8. The predicted molar refractivity (Wildman–Crippen MR) is 131 cm³/mol. The van der Waals surface area contributed by atoms with E-state index in [0.717, 1.165) is 24.0 Å². The molecule has 0 amide bonds. The standard InChI is InChI=1S/C24H30O7.2Al.4H/c1-15(13-25)29-21-7-5-17(11-23(21)27-3)19-9-10-20(31-19)18-6-8-22(24(12-18)28-4)30-16(2)14-26;;;;;;/h5-8,11-16,19-20,25-26H,9-10H2,1-4H3;;;;;;/t15-,16?,19?,20?;;;;;;/m1....../s1. The minimum Gasteiger partial charge on any atom is -0.493 e. The van der Waals surface area contributed by atoms with Gasteiger partial charge in [0.2, 0.25) is 0 Å². The van der Waals surface area contributed by atoms with E-state index in [4.69, 9.17) is 23.7 Å². The minimum atomic E-state index is -0.445. The Hall–Kier alpha value is -1.42. The van der Waals surface area contributed by atoms with Gasteiger partial charge in [0.15, 0.2) is 23.0 Å². The maximum absolute atomic E-state index is 9.78. The number of rotatable bonds is 10. The van der Waals surface area contributed by atoms with Crippen molar-refractivity contribution >= 4 is 32.6 Å². The molecular weight excluding hydrogens is 454 g/mol. The second-order valence-electron chi connectivity index (χ2n) is 8.64. The lowest BCUT2D eigenvalue weighted by molar-refractivity contribution is 0.0436. The van der Waals surface area contributed by atoms with Gasteiger partial charge in [0.1, 0.15) is 12.2 Å². The van der Waals surface area contributed by atoms with E-state index in [9.17, 15) is 10.2 Å². The van der Waals surface area contributed by atoms with Gasteiger partial charge in [-0.3, -0.25) is 0 Å². The summed E-state index contributed by atoms with van der Waals surface area (Å²) >= 11 is 1.29. The third kappa shape index (κ3) is 6.59. The van der Waals surface area contributed by atoms with E-state index in [-0.39, 0.29) is 24.4 Å². The minimum absolute atomic E-state index is 0.0540. The van der Waals surface area contributed by atoms with Gasteiger partial charge in [0, 0.05) is 9.93 Å². The Kier molecular flexibility index (Phi) is 9.38. The van der Waals surface area contributed by atoms with Crippen molar-refractivity contribution in [3.8, 4) is 23.0 Å². The molecule has 2 N–H and O–H groups in total. The Morgan fingerprint density at radius 1 is 0.758 bits per heavy atom. The largest absolute Gasteiger partial charge is 0.493 e. The molecule has 3 unspecified atom stereocenters. The van der Waals surface area contributed by atoms with E-state index in [0.29, 0.717) is 55.6 Å². The molecule has 0 radical (unpaired) electrons. The molecule has 0 aliphatic carbocycles. The summed E-state index contributed by atoms with van der Waals surface area (Å²) in [5, 5.41) is 19.6. The van der Waals surface area contributed by atoms with Crippen molar-refractivity contribution in [2.24, 2.45) is 0 Å². The average molecular weight is 488 g/mol. The molecule has 33 heavy (non-hydrogen) atoms. The summed E-state index contributed by atoms with van der Waals surface area (Å²) in [6.45, 7) is 3.71. The molecule has 1 aliphatic rings. The fourth-order valence-corrected chi connectivity index (χ4v) is 3.96. The Morgan fingerprint density at radius 3 is 1.48 bits per heavy atom. The zero-order valence-corrected chi connectivity index (χ0v) is 24.3. The number of ether oxygens (including phenoxy) is 5. The molecule has 2 aromatic rings. The number of methoxy groups -OCH3 is 2. The molecule has 1 heterocycles. The van der Waals surface area contributed by atoms with Crippen LogP contribution in [-0.2, 0) is 4.74 Å². The molecule has 0 aromatic heterocycles. The molecule has 178 valence electrons. The molecule has 1 aliphatic heterocycles. The molecule has 3 rings (SSSR count). The van der Waals surface area contributed by atoms with E-state index >= 15 is 0 Å². The summed E-state index contributed by atoms with van der Waals surface area (Å²) in [5.41, 5.74) is 2.06. The van der Waals surface area contributed by atoms with E-state index in [1.54, 1.807) is 14.2 Å². The van der Waals surface area contributed by atoms with Crippen molar-refractivity contribution in [3.63, 3.8) is 0 Å². The van der Waals surface area contributed by atoms with Crippen LogP contribution in [0.2, 0.25) is 0 Å². The molecule has 1 saturated heterocycles. The zero-order valence-electron chi connectivity index (χ0n) is 20.3. The van der Waals surface area contributed by atoms with Gasteiger partial charge in [-0.25, -0.2) is 0 Å². The lowest BCUT2D eigenvalue weighted by Crippen LogP contribution is -2.28. The molecule has 1 fully saturated rings. The topological polar surface area (TPSA) is 86.6 Å². The van der Waals surface area contributed by atoms with Crippen LogP contribution >= 0.6 is 0 Å². The third-order valence-corrected chi connectivity index (χ3v) is 8.00. The molecule has 0 bridgehead atoms. The number of hydrogen-bond donors (Lipinski definition) is 2. The molecule has 0 saturated carbocycles. The van der Waals surface area contributed by atoms with Crippen molar-refractivity contribution in [1.29, 1.82) is 0 Å². The summed E-state index contributed by atoms with van der Waals surface area (Å²) in [7, 11) is 3.23. The van der Waals surface area contributed by atoms with Crippen molar-refractivity contribution in [2.45, 2.75) is 61.0 Å². The van der Waals surface area contributed by atoms with Crippen LogP contribution in [0.3, 0.4) is 0 Å². The quantitative estimate of drug-likeness (QED) is 0.493. The first-order valence-electron chi connectivity index (χ1n) is 11.4. The van der Waals surface area contributed by atoms with Gasteiger partial charge in [0.05, 0.1) is 26.4 Å². The zero-order chi connectivity index (χ0) is 24.1. The summed E-state index contributed by atoms with van der Waals surface area (Å²) in [4.78, 5) is -0.890. The van der Waals surface area contributed by atoms with E-state index in [2.05, 4.69) is 0 Å². The highest BCUT2D eigenvalue weighted by molar-refractivity contribution is 6.11. The van der Waals surface area contributed by atoms with Crippen molar-refractivity contribution in [1.82, 2.24) is 0 Å². The Balaban J connectivity index is 1.72. The van der Waals surface area contributed by atoms with E-state index in [1.165, 1.54) is 0 Å². The Labute approximate surface area is 211 Å². The Morgan fingerprint density at radius 2 is 1.15 bits per heavy atom. The van der Waals surface area contributed by atoms with Crippen molar-refractivity contribution in [2.75, 3.05) is 14.2 Å². The molecule has 2 aromatic carbocycles. The number of aliphatic hydroxyl groups is 2. The molecular formula is C24H34Al2O7. The van der Waals surface area contributed by atoms with Gasteiger partial charge in [-0.2, -0.15) is 0 Å². The van der Waals surface area contributed by atoms with Gasteiger partial charge in [0.25, 0.3) is 32.6 Å². The normalized spacial score (nSPS) is 21.6. The van der Waals surface area contributed by atoms with E-state index < -0.39 is 9.93 Å². The average Bonchev–Trinajstić information content (AvgIpc) is 3.29. The van der Waals surface area contributed by atoms with Crippen LogP contribution in [0.25, 0.3) is 0 Å². The Bertz CT molecular complexity index is 848. The molecule has 9 heteroatoms. The van der Waals surface area contributed by atoms with Gasteiger partial charge in [-0.15, -0.1) is 0 Å². The smallest absolute Gasteiger partial charge is 0.264 e. The fourth-order valence-electron chi connectivity index (χ4n) is 3.69. The van der Waals surface area contributed by atoms with Crippen LogP contribution < -0.4 is 18.9 Å².